The first-order valence-electron chi connectivity index (χ1n) is 6.57. The van der Waals surface area contributed by atoms with Crippen molar-refractivity contribution in [1.29, 1.82) is 0 Å². The van der Waals surface area contributed by atoms with Crippen molar-refractivity contribution < 1.29 is 9.84 Å². The lowest BCUT2D eigenvalue weighted by Gasteiger charge is -2.16. The largest absolute Gasteiger partial charge is 0.496 e. The highest BCUT2D eigenvalue weighted by molar-refractivity contribution is 5.43. The first kappa shape index (κ1) is 13.6. The molecular weight excluding hydrogens is 236 g/mol. The molecule has 2 aromatic carbocycles. The Balaban J connectivity index is 2.41. The molecule has 0 aliphatic carbocycles. The van der Waals surface area contributed by atoms with E-state index in [1.165, 1.54) is 11.1 Å². The van der Waals surface area contributed by atoms with E-state index in [2.05, 4.69) is 6.92 Å². The number of hydrogen-bond donors (Lipinski definition) is 1. The molecule has 2 heteroatoms. The zero-order valence-corrected chi connectivity index (χ0v) is 11.7. The molecule has 0 saturated heterocycles. The summed E-state index contributed by atoms with van der Waals surface area (Å²) in [4.78, 5) is 0. The predicted molar refractivity (Wildman–Crippen MR) is 77.6 cm³/mol. The topological polar surface area (TPSA) is 29.5 Å². The van der Waals surface area contributed by atoms with Crippen molar-refractivity contribution in [2.75, 3.05) is 7.11 Å². The zero-order valence-electron chi connectivity index (χ0n) is 11.7. The molecule has 1 N–H and O–H groups in total. The van der Waals surface area contributed by atoms with Gasteiger partial charge >= 0.3 is 0 Å². The molecule has 0 spiro atoms. The van der Waals surface area contributed by atoms with E-state index >= 15 is 0 Å². The third-order valence-corrected chi connectivity index (χ3v) is 3.39. The molecule has 0 bridgehead atoms. The second-order valence-corrected chi connectivity index (χ2v) is 4.74. The van der Waals surface area contributed by atoms with Crippen LogP contribution in [0.4, 0.5) is 0 Å². The summed E-state index contributed by atoms with van der Waals surface area (Å²) in [5.74, 6) is 0.727. The van der Waals surface area contributed by atoms with Crippen LogP contribution in [0.2, 0.25) is 0 Å². The summed E-state index contributed by atoms with van der Waals surface area (Å²) < 4.78 is 5.35. The number of aryl methyl sites for hydroxylation is 2. The standard InChI is InChI=1S/C17H20O2/c1-4-13-7-10-16(19-3)15(11-13)17(18)14-8-5-12(2)6-9-14/h5-11,17-18H,4H2,1-3H3/t17-/m0/s1. The van der Waals surface area contributed by atoms with Gasteiger partial charge in [-0.15, -0.1) is 0 Å². The van der Waals surface area contributed by atoms with Gasteiger partial charge in [0.25, 0.3) is 0 Å². The van der Waals surface area contributed by atoms with Crippen molar-refractivity contribution in [2.24, 2.45) is 0 Å². The summed E-state index contributed by atoms with van der Waals surface area (Å²) >= 11 is 0. The average Bonchev–Trinajstić information content (AvgIpc) is 2.46. The smallest absolute Gasteiger partial charge is 0.125 e. The fourth-order valence-corrected chi connectivity index (χ4v) is 2.15. The normalized spacial score (nSPS) is 12.2. The summed E-state index contributed by atoms with van der Waals surface area (Å²) in [7, 11) is 1.63. The Morgan fingerprint density at radius 1 is 1.11 bits per heavy atom. The Bertz CT molecular complexity index is 544. The van der Waals surface area contributed by atoms with Crippen LogP contribution in [0.25, 0.3) is 0 Å². The van der Waals surface area contributed by atoms with Crippen LogP contribution >= 0.6 is 0 Å². The van der Waals surface area contributed by atoms with Crippen LogP contribution in [-0.4, -0.2) is 12.2 Å². The molecule has 1 atom stereocenters. The van der Waals surface area contributed by atoms with E-state index in [9.17, 15) is 5.11 Å². The van der Waals surface area contributed by atoms with E-state index in [0.29, 0.717) is 0 Å². The molecule has 19 heavy (non-hydrogen) atoms. The van der Waals surface area contributed by atoms with Crippen molar-refractivity contribution in [1.82, 2.24) is 0 Å². The lowest BCUT2D eigenvalue weighted by atomic mass is 9.97. The van der Waals surface area contributed by atoms with Gasteiger partial charge < -0.3 is 9.84 Å². The van der Waals surface area contributed by atoms with E-state index in [1.54, 1.807) is 7.11 Å². The fraction of sp³-hybridized carbons (Fsp3) is 0.294. The first-order chi connectivity index (χ1) is 9.15. The molecule has 2 aromatic rings. The third-order valence-electron chi connectivity index (χ3n) is 3.39. The van der Waals surface area contributed by atoms with Crippen molar-refractivity contribution in [2.45, 2.75) is 26.4 Å². The van der Waals surface area contributed by atoms with Crippen LogP contribution in [-0.2, 0) is 6.42 Å². The second kappa shape index (κ2) is 5.89. The molecule has 0 heterocycles. The molecule has 0 amide bonds. The molecule has 2 rings (SSSR count). The Morgan fingerprint density at radius 2 is 1.79 bits per heavy atom. The molecule has 0 aliphatic rings. The second-order valence-electron chi connectivity index (χ2n) is 4.74. The Kier molecular flexibility index (Phi) is 4.23. The van der Waals surface area contributed by atoms with E-state index < -0.39 is 6.10 Å². The highest BCUT2D eigenvalue weighted by Crippen LogP contribution is 2.31. The number of aliphatic hydroxyl groups excluding tert-OH is 1. The van der Waals surface area contributed by atoms with Gasteiger partial charge in [0.05, 0.1) is 7.11 Å². The quantitative estimate of drug-likeness (QED) is 0.904. The number of methoxy groups -OCH3 is 1. The summed E-state index contributed by atoms with van der Waals surface area (Å²) in [5.41, 5.74) is 4.09. The van der Waals surface area contributed by atoms with E-state index in [4.69, 9.17) is 4.74 Å². The molecule has 0 aromatic heterocycles. The van der Waals surface area contributed by atoms with Crippen LogP contribution in [0.5, 0.6) is 5.75 Å². The fourth-order valence-electron chi connectivity index (χ4n) is 2.15. The van der Waals surface area contributed by atoms with Crippen LogP contribution < -0.4 is 4.74 Å². The van der Waals surface area contributed by atoms with Gasteiger partial charge in [-0.1, -0.05) is 42.8 Å². The summed E-state index contributed by atoms with van der Waals surface area (Å²) in [6.45, 7) is 4.14. The number of benzene rings is 2. The molecular formula is C17H20O2. The van der Waals surface area contributed by atoms with Crippen molar-refractivity contribution in [3.63, 3.8) is 0 Å². The maximum absolute atomic E-state index is 10.5. The SMILES string of the molecule is CCc1ccc(OC)c([C@@H](O)c2ccc(C)cc2)c1. The zero-order chi connectivity index (χ0) is 13.8. The minimum Gasteiger partial charge on any atom is -0.496 e. The lowest BCUT2D eigenvalue weighted by molar-refractivity contribution is 0.214. The minimum atomic E-state index is -0.651. The van der Waals surface area contributed by atoms with Gasteiger partial charge in [-0.2, -0.15) is 0 Å². The Morgan fingerprint density at radius 3 is 2.37 bits per heavy atom. The Labute approximate surface area is 114 Å². The molecule has 100 valence electrons. The monoisotopic (exact) mass is 256 g/mol. The van der Waals surface area contributed by atoms with E-state index in [0.717, 1.165) is 23.3 Å². The number of aliphatic hydroxyl groups is 1. The van der Waals surface area contributed by atoms with Crippen LogP contribution in [0.15, 0.2) is 42.5 Å². The lowest BCUT2D eigenvalue weighted by Crippen LogP contribution is -2.03. The molecule has 0 aliphatic heterocycles. The number of rotatable bonds is 4. The van der Waals surface area contributed by atoms with Crippen LogP contribution in [0.1, 0.15) is 35.3 Å². The first-order valence-corrected chi connectivity index (χ1v) is 6.57. The Hall–Kier alpha value is -1.80. The summed E-state index contributed by atoms with van der Waals surface area (Å²) in [6.07, 6.45) is 0.291. The minimum absolute atomic E-state index is 0.651. The maximum Gasteiger partial charge on any atom is 0.125 e. The summed E-state index contributed by atoms with van der Waals surface area (Å²) in [6, 6.07) is 13.9. The molecule has 0 fully saturated rings. The van der Waals surface area contributed by atoms with Crippen molar-refractivity contribution in [3.05, 3.63) is 64.7 Å². The van der Waals surface area contributed by atoms with E-state index in [-0.39, 0.29) is 0 Å². The van der Waals surface area contributed by atoms with Gasteiger partial charge in [0.15, 0.2) is 0 Å². The number of ether oxygens (including phenoxy) is 1. The van der Waals surface area contributed by atoms with Gasteiger partial charge in [0.1, 0.15) is 11.9 Å². The highest BCUT2D eigenvalue weighted by atomic mass is 16.5. The van der Waals surface area contributed by atoms with Crippen LogP contribution in [0.3, 0.4) is 0 Å². The molecule has 2 nitrogen and oxygen atoms in total. The van der Waals surface area contributed by atoms with Crippen molar-refractivity contribution in [3.8, 4) is 5.75 Å². The van der Waals surface area contributed by atoms with Crippen molar-refractivity contribution >= 4 is 0 Å². The predicted octanol–water partition coefficient (Wildman–Crippen LogP) is 3.65. The highest BCUT2D eigenvalue weighted by Gasteiger charge is 2.15. The maximum atomic E-state index is 10.5. The summed E-state index contributed by atoms with van der Waals surface area (Å²) in [5, 5.41) is 10.5. The van der Waals surface area contributed by atoms with Gasteiger partial charge in [-0.05, 0) is 36.6 Å². The van der Waals surface area contributed by atoms with E-state index in [1.807, 2.05) is 49.4 Å². The third kappa shape index (κ3) is 2.96. The van der Waals surface area contributed by atoms with Crippen LogP contribution in [0, 0.1) is 6.92 Å². The molecule has 0 saturated carbocycles. The van der Waals surface area contributed by atoms with Gasteiger partial charge in [-0.25, -0.2) is 0 Å². The molecule has 0 unspecified atom stereocenters. The molecule has 0 radical (unpaired) electrons. The van der Waals surface area contributed by atoms with Gasteiger partial charge in [0.2, 0.25) is 0 Å². The van der Waals surface area contributed by atoms with Gasteiger partial charge in [0, 0.05) is 5.56 Å². The number of hydrogen-bond acceptors (Lipinski definition) is 2. The van der Waals surface area contributed by atoms with Gasteiger partial charge in [-0.3, -0.25) is 0 Å². The average molecular weight is 256 g/mol.